The molecule has 1 heterocycles. The first-order chi connectivity index (χ1) is 9.08. The van der Waals surface area contributed by atoms with Gasteiger partial charge in [0.25, 0.3) is 5.91 Å². The molecule has 1 aliphatic rings. The number of aromatic hydroxyl groups is 1. The van der Waals surface area contributed by atoms with Gasteiger partial charge in [-0.15, -0.1) is 0 Å². The lowest BCUT2D eigenvalue weighted by atomic mass is 9.98. The fourth-order valence-corrected chi connectivity index (χ4v) is 2.50. The minimum atomic E-state index is -0.696. The van der Waals surface area contributed by atoms with Gasteiger partial charge in [-0.3, -0.25) is 4.79 Å². The van der Waals surface area contributed by atoms with Crippen LogP contribution in [0.2, 0.25) is 0 Å². The number of piperidine rings is 1. The number of benzene rings is 1. The van der Waals surface area contributed by atoms with E-state index >= 15 is 0 Å². The van der Waals surface area contributed by atoms with Gasteiger partial charge in [-0.2, -0.15) is 0 Å². The predicted molar refractivity (Wildman–Crippen MR) is 70.6 cm³/mol. The van der Waals surface area contributed by atoms with Gasteiger partial charge in [-0.1, -0.05) is 6.07 Å². The number of hydrogen-bond donors (Lipinski definition) is 2. The fourth-order valence-electron chi connectivity index (χ4n) is 2.50. The van der Waals surface area contributed by atoms with E-state index in [0.29, 0.717) is 12.5 Å². The van der Waals surface area contributed by atoms with Crippen LogP contribution in [0.4, 0.5) is 4.39 Å². The van der Waals surface area contributed by atoms with E-state index in [9.17, 15) is 14.3 Å². The van der Waals surface area contributed by atoms with E-state index in [1.165, 1.54) is 18.2 Å². The lowest BCUT2D eigenvalue weighted by Gasteiger charge is -2.29. The van der Waals surface area contributed by atoms with Crippen molar-refractivity contribution in [3.05, 3.63) is 29.6 Å². The maximum absolute atomic E-state index is 13.5. The molecule has 0 aromatic heterocycles. The molecule has 19 heavy (non-hydrogen) atoms. The Hall–Kier alpha value is -1.62. The molecule has 1 aromatic carbocycles. The summed E-state index contributed by atoms with van der Waals surface area (Å²) in [6.45, 7) is 2.53. The Morgan fingerprint density at radius 1 is 1.58 bits per heavy atom. The Kier molecular flexibility index (Phi) is 4.37. The fraction of sp³-hybridized carbons (Fsp3) is 0.500. The Morgan fingerprint density at radius 2 is 2.37 bits per heavy atom. The Morgan fingerprint density at radius 3 is 3.05 bits per heavy atom. The molecular formula is C14H19FN2O2. The van der Waals surface area contributed by atoms with Crippen LogP contribution in [-0.4, -0.2) is 42.6 Å². The lowest BCUT2D eigenvalue weighted by Crippen LogP contribution is -2.39. The molecule has 1 unspecified atom stereocenters. The summed E-state index contributed by atoms with van der Waals surface area (Å²) in [5, 5.41) is 12.2. The van der Waals surface area contributed by atoms with Crippen LogP contribution in [0.15, 0.2) is 18.2 Å². The van der Waals surface area contributed by atoms with Crippen LogP contribution >= 0.6 is 0 Å². The van der Waals surface area contributed by atoms with Crippen LogP contribution in [0.1, 0.15) is 23.2 Å². The van der Waals surface area contributed by atoms with Crippen molar-refractivity contribution in [1.29, 1.82) is 0 Å². The third-order valence-electron chi connectivity index (χ3n) is 3.49. The van der Waals surface area contributed by atoms with Crippen molar-refractivity contribution >= 4 is 5.91 Å². The molecular weight excluding hydrogens is 247 g/mol. The van der Waals surface area contributed by atoms with Gasteiger partial charge < -0.3 is 15.3 Å². The van der Waals surface area contributed by atoms with Crippen LogP contribution in [0.25, 0.3) is 0 Å². The van der Waals surface area contributed by atoms with Gasteiger partial charge in [0.2, 0.25) is 0 Å². The molecule has 104 valence electrons. The monoisotopic (exact) mass is 266 g/mol. The molecule has 4 nitrogen and oxygen atoms in total. The lowest BCUT2D eigenvalue weighted by molar-refractivity contribution is 0.0930. The second-order valence-corrected chi connectivity index (χ2v) is 5.11. The van der Waals surface area contributed by atoms with Gasteiger partial charge in [0.05, 0.1) is 0 Å². The van der Waals surface area contributed by atoms with Crippen molar-refractivity contribution in [1.82, 2.24) is 10.2 Å². The second-order valence-electron chi connectivity index (χ2n) is 5.11. The van der Waals surface area contributed by atoms with Crippen molar-refractivity contribution in [3.63, 3.8) is 0 Å². The second kappa shape index (κ2) is 6.02. The summed E-state index contributed by atoms with van der Waals surface area (Å²) in [7, 11) is 2.05. The summed E-state index contributed by atoms with van der Waals surface area (Å²) < 4.78 is 13.5. The maximum Gasteiger partial charge on any atom is 0.258 e. The number of phenolic OH excluding ortho intramolecular Hbond substituents is 1. The zero-order valence-corrected chi connectivity index (χ0v) is 11.0. The number of nitrogens with one attached hydrogen (secondary N) is 1. The van der Waals surface area contributed by atoms with Crippen molar-refractivity contribution in [3.8, 4) is 5.75 Å². The van der Waals surface area contributed by atoms with Gasteiger partial charge in [-0.05, 0) is 44.5 Å². The third kappa shape index (κ3) is 3.44. The first-order valence-corrected chi connectivity index (χ1v) is 6.52. The van der Waals surface area contributed by atoms with Crippen molar-refractivity contribution < 1.29 is 14.3 Å². The number of rotatable bonds is 3. The maximum atomic E-state index is 13.5. The molecule has 0 aliphatic carbocycles. The van der Waals surface area contributed by atoms with Gasteiger partial charge in [0.1, 0.15) is 17.1 Å². The molecule has 1 aliphatic heterocycles. The standard InChI is InChI=1S/C14H19FN2O2/c1-17-7-3-4-10(9-17)8-16-14(19)13-11(15)5-2-6-12(13)18/h2,5-6,10,18H,3-4,7-9H2,1H3,(H,16,19). The first-order valence-electron chi connectivity index (χ1n) is 6.52. The van der Waals surface area contributed by atoms with Crippen LogP contribution in [0, 0.1) is 11.7 Å². The normalized spacial score (nSPS) is 20.2. The summed E-state index contributed by atoms with van der Waals surface area (Å²) in [5.74, 6) is -1.18. The molecule has 1 fully saturated rings. The van der Waals surface area contributed by atoms with E-state index < -0.39 is 11.7 Å². The number of halogens is 1. The largest absolute Gasteiger partial charge is 0.507 e. The summed E-state index contributed by atoms with van der Waals surface area (Å²) in [4.78, 5) is 14.1. The van der Waals surface area contributed by atoms with Crippen LogP contribution in [-0.2, 0) is 0 Å². The Bertz CT molecular complexity index is 445. The first kappa shape index (κ1) is 13.8. The molecule has 1 amide bonds. The molecule has 0 radical (unpaired) electrons. The van der Waals surface area contributed by atoms with E-state index in [1.807, 2.05) is 0 Å². The van der Waals surface area contributed by atoms with Gasteiger partial charge in [0, 0.05) is 13.1 Å². The summed E-state index contributed by atoms with van der Waals surface area (Å²) in [6.07, 6.45) is 2.18. The Balaban J connectivity index is 1.94. The molecule has 1 atom stereocenters. The molecule has 0 spiro atoms. The number of carbonyl (C=O) groups excluding carboxylic acids is 1. The molecule has 0 saturated carbocycles. The highest BCUT2D eigenvalue weighted by Gasteiger charge is 2.20. The molecule has 1 saturated heterocycles. The molecule has 1 aromatic rings. The number of likely N-dealkylation sites (tertiary alicyclic amines) is 1. The van der Waals surface area contributed by atoms with E-state index in [-0.39, 0.29) is 11.3 Å². The van der Waals surface area contributed by atoms with Gasteiger partial charge >= 0.3 is 0 Å². The van der Waals surface area contributed by atoms with Crippen molar-refractivity contribution in [2.75, 3.05) is 26.7 Å². The average molecular weight is 266 g/mol. The van der Waals surface area contributed by atoms with E-state index in [0.717, 1.165) is 25.9 Å². The van der Waals surface area contributed by atoms with Gasteiger partial charge in [-0.25, -0.2) is 4.39 Å². The topological polar surface area (TPSA) is 52.6 Å². The van der Waals surface area contributed by atoms with Crippen LogP contribution in [0.3, 0.4) is 0 Å². The molecule has 0 bridgehead atoms. The highest BCUT2D eigenvalue weighted by Crippen LogP contribution is 2.20. The zero-order valence-electron chi connectivity index (χ0n) is 11.0. The summed E-state index contributed by atoms with van der Waals surface area (Å²) in [6, 6.07) is 3.85. The molecule has 2 N–H and O–H groups in total. The third-order valence-corrected chi connectivity index (χ3v) is 3.49. The quantitative estimate of drug-likeness (QED) is 0.874. The minimum absolute atomic E-state index is 0.272. The number of hydrogen-bond acceptors (Lipinski definition) is 3. The Labute approximate surface area is 112 Å². The van der Waals surface area contributed by atoms with E-state index in [2.05, 4.69) is 17.3 Å². The molecule has 5 heteroatoms. The van der Waals surface area contributed by atoms with Crippen molar-refractivity contribution in [2.24, 2.45) is 5.92 Å². The highest BCUT2D eigenvalue weighted by molar-refractivity contribution is 5.97. The predicted octanol–water partition coefficient (Wildman–Crippen LogP) is 1.60. The van der Waals surface area contributed by atoms with Crippen molar-refractivity contribution in [2.45, 2.75) is 12.8 Å². The van der Waals surface area contributed by atoms with E-state index in [1.54, 1.807) is 0 Å². The van der Waals surface area contributed by atoms with Crippen LogP contribution in [0.5, 0.6) is 5.75 Å². The SMILES string of the molecule is CN1CCCC(CNC(=O)c2c(O)cccc2F)C1. The van der Waals surface area contributed by atoms with Gasteiger partial charge in [0.15, 0.2) is 0 Å². The molecule has 2 rings (SSSR count). The summed E-state index contributed by atoms with van der Waals surface area (Å²) in [5.41, 5.74) is -0.272. The smallest absolute Gasteiger partial charge is 0.258 e. The van der Waals surface area contributed by atoms with E-state index in [4.69, 9.17) is 0 Å². The minimum Gasteiger partial charge on any atom is -0.507 e. The van der Waals surface area contributed by atoms with Crippen LogP contribution < -0.4 is 5.32 Å². The highest BCUT2D eigenvalue weighted by atomic mass is 19.1. The number of nitrogens with zero attached hydrogens (tertiary/aromatic N) is 1. The summed E-state index contributed by atoms with van der Waals surface area (Å²) >= 11 is 0. The number of amides is 1. The zero-order chi connectivity index (χ0) is 13.8. The number of carbonyl (C=O) groups is 1. The average Bonchev–Trinajstić information content (AvgIpc) is 2.36. The number of phenols is 1.